The lowest BCUT2D eigenvalue weighted by atomic mass is 10.1. The molecule has 0 spiro atoms. The van der Waals surface area contributed by atoms with Crippen molar-refractivity contribution in [3.8, 4) is 28.7 Å². The van der Waals surface area contributed by atoms with Crippen LogP contribution < -0.4 is 24.5 Å². The molecule has 1 fully saturated rings. The van der Waals surface area contributed by atoms with Gasteiger partial charge in [-0.25, -0.2) is 0 Å². The number of aromatic hydroxyl groups is 1. The molecule has 0 bridgehead atoms. The molecule has 3 aromatic carbocycles. The Morgan fingerprint density at radius 2 is 1.44 bits per heavy atom. The van der Waals surface area contributed by atoms with Crippen molar-refractivity contribution < 1.29 is 23.7 Å². The Balaban J connectivity index is 1.32. The summed E-state index contributed by atoms with van der Waals surface area (Å²) in [6.07, 6.45) is 1.31. The van der Waals surface area contributed by atoms with Gasteiger partial charge in [-0.05, 0) is 60.7 Å². The van der Waals surface area contributed by atoms with E-state index in [4.69, 9.17) is 18.6 Å². The second-order valence-corrected chi connectivity index (χ2v) is 8.61. The van der Waals surface area contributed by atoms with Crippen LogP contribution in [0.1, 0.15) is 5.56 Å². The number of phenols is 1. The predicted octanol–water partition coefficient (Wildman–Crippen LogP) is 4.63. The lowest BCUT2D eigenvalue weighted by molar-refractivity contribution is 0.246. The second kappa shape index (κ2) is 10.2. The van der Waals surface area contributed by atoms with E-state index in [1.165, 1.54) is 6.26 Å². The van der Waals surface area contributed by atoms with E-state index >= 15 is 0 Å². The Kier molecular flexibility index (Phi) is 6.69. The number of methoxy groups -OCH3 is 2. The average molecular weight is 489 g/mol. The van der Waals surface area contributed by atoms with Crippen molar-refractivity contribution in [1.29, 1.82) is 0 Å². The average Bonchev–Trinajstić information content (AvgIpc) is 2.92. The summed E-state index contributed by atoms with van der Waals surface area (Å²) in [5, 5.41) is 11.0. The molecule has 4 aromatic rings. The molecule has 186 valence electrons. The Morgan fingerprint density at radius 1 is 0.833 bits per heavy atom. The highest BCUT2D eigenvalue weighted by molar-refractivity contribution is 5.83. The van der Waals surface area contributed by atoms with E-state index in [9.17, 15) is 9.90 Å². The van der Waals surface area contributed by atoms with Gasteiger partial charge in [0.1, 0.15) is 34.8 Å². The van der Waals surface area contributed by atoms with Gasteiger partial charge in [0.25, 0.3) is 0 Å². The molecule has 5 rings (SSSR count). The highest BCUT2D eigenvalue weighted by atomic mass is 16.5. The first-order chi connectivity index (χ1) is 17.6. The Bertz CT molecular complexity index is 1390. The normalized spacial score (nSPS) is 14.1. The lowest BCUT2D eigenvalue weighted by Crippen LogP contribution is -2.46. The zero-order valence-electron chi connectivity index (χ0n) is 20.3. The third-order valence-electron chi connectivity index (χ3n) is 6.47. The molecule has 1 N–H and O–H groups in total. The van der Waals surface area contributed by atoms with E-state index in [0.29, 0.717) is 34.6 Å². The van der Waals surface area contributed by atoms with Gasteiger partial charge >= 0.3 is 0 Å². The third-order valence-corrected chi connectivity index (χ3v) is 6.47. The number of ether oxygens (including phenoxy) is 3. The molecule has 1 aliphatic heterocycles. The van der Waals surface area contributed by atoms with Crippen molar-refractivity contribution in [1.82, 2.24) is 4.90 Å². The molecule has 1 aliphatic rings. The van der Waals surface area contributed by atoms with E-state index in [1.807, 2.05) is 12.1 Å². The van der Waals surface area contributed by atoms with Gasteiger partial charge in [-0.1, -0.05) is 0 Å². The summed E-state index contributed by atoms with van der Waals surface area (Å²) < 4.78 is 22.0. The first kappa shape index (κ1) is 23.6. The van der Waals surface area contributed by atoms with E-state index in [2.05, 4.69) is 21.9 Å². The van der Waals surface area contributed by atoms with Gasteiger partial charge in [-0.15, -0.1) is 0 Å². The zero-order valence-corrected chi connectivity index (χ0v) is 20.3. The van der Waals surface area contributed by atoms with Crippen molar-refractivity contribution in [2.24, 2.45) is 0 Å². The topological polar surface area (TPSA) is 84.6 Å². The minimum atomic E-state index is -0.294. The van der Waals surface area contributed by atoms with E-state index < -0.39 is 0 Å². The fourth-order valence-electron chi connectivity index (χ4n) is 4.40. The largest absolute Gasteiger partial charge is 0.507 e. The zero-order chi connectivity index (χ0) is 25.1. The molecule has 0 amide bonds. The van der Waals surface area contributed by atoms with E-state index in [1.54, 1.807) is 50.6 Å². The summed E-state index contributed by atoms with van der Waals surface area (Å²) in [4.78, 5) is 17.7. The first-order valence-electron chi connectivity index (χ1n) is 11.8. The maximum absolute atomic E-state index is 13.1. The minimum absolute atomic E-state index is 0.0809. The molecular weight excluding hydrogens is 460 g/mol. The molecule has 1 saturated heterocycles. The molecule has 0 atom stereocenters. The van der Waals surface area contributed by atoms with Crippen LogP contribution >= 0.6 is 0 Å². The molecular formula is C28H28N2O6. The number of piperazine rings is 1. The standard InChI is InChI=1S/C28H28N2O6/c1-33-20-5-3-19(4-6-20)30-15-13-29(14-16-30)17-24-25(31)12-11-23-27(32)26(18-35-28(23)24)36-22-9-7-21(34-2)8-10-22/h3-12,18,31H,13-17H2,1-2H3. The smallest absolute Gasteiger partial charge is 0.235 e. The Hall–Kier alpha value is -4.17. The van der Waals surface area contributed by atoms with Crippen LogP contribution in [-0.2, 0) is 6.54 Å². The van der Waals surface area contributed by atoms with Gasteiger partial charge in [-0.3, -0.25) is 9.69 Å². The highest BCUT2D eigenvalue weighted by Gasteiger charge is 2.21. The number of nitrogens with zero attached hydrogens (tertiary/aromatic N) is 2. The van der Waals surface area contributed by atoms with Crippen molar-refractivity contribution in [3.05, 3.63) is 82.7 Å². The number of benzene rings is 3. The number of rotatable bonds is 7. The van der Waals surface area contributed by atoms with Gasteiger partial charge in [0.2, 0.25) is 11.2 Å². The van der Waals surface area contributed by atoms with Gasteiger partial charge in [0, 0.05) is 38.4 Å². The number of hydrogen-bond donors (Lipinski definition) is 1. The van der Waals surface area contributed by atoms with Crippen LogP contribution in [0.15, 0.2) is 76.1 Å². The molecule has 0 saturated carbocycles. The van der Waals surface area contributed by atoms with Crippen LogP contribution in [0.5, 0.6) is 28.7 Å². The van der Waals surface area contributed by atoms with E-state index in [0.717, 1.165) is 37.6 Å². The summed E-state index contributed by atoms with van der Waals surface area (Å²) in [5.41, 5.74) is 1.83. The maximum Gasteiger partial charge on any atom is 0.235 e. The summed E-state index contributed by atoms with van der Waals surface area (Å²) >= 11 is 0. The number of hydrogen-bond acceptors (Lipinski definition) is 8. The molecule has 0 unspecified atom stereocenters. The lowest BCUT2D eigenvalue weighted by Gasteiger charge is -2.36. The summed E-state index contributed by atoms with van der Waals surface area (Å²) in [6.45, 7) is 3.79. The fourth-order valence-corrected chi connectivity index (χ4v) is 4.40. The summed E-state index contributed by atoms with van der Waals surface area (Å²) in [5.74, 6) is 2.21. The molecule has 8 heteroatoms. The molecule has 1 aromatic heterocycles. The first-order valence-corrected chi connectivity index (χ1v) is 11.8. The van der Waals surface area contributed by atoms with Crippen LogP contribution in [0.3, 0.4) is 0 Å². The second-order valence-electron chi connectivity index (χ2n) is 8.61. The molecule has 0 radical (unpaired) electrons. The maximum atomic E-state index is 13.1. The van der Waals surface area contributed by atoms with Crippen LogP contribution in [0.4, 0.5) is 5.69 Å². The Labute approximate surface area is 208 Å². The quantitative estimate of drug-likeness (QED) is 0.403. The monoisotopic (exact) mass is 488 g/mol. The van der Waals surface area contributed by atoms with Crippen molar-refractivity contribution in [2.75, 3.05) is 45.3 Å². The number of fused-ring (bicyclic) bond motifs is 1. The van der Waals surface area contributed by atoms with Crippen LogP contribution in [0.25, 0.3) is 11.0 Å². The van der Waals surface area contributed by atoms with Crippen LogP contribution in [0.2, 0.25) is 0 Å². The minimum Gasteiger partial charge on any atom is -0.507 e. The highest BCUT2D eigenvalue weighted by Crippen LogP contribution is 2.30. The van der Waals surface area contributed by atoms with Gasteiger partial charge in [0.15, 0.2) is 0 Å². The summed E-state index contributed by atoms with van der Waals surface area (Å²) in [6, 6.07) is 18.1. The fraction of sp³-hybridized carbons (Fsp3) is 0.250. The van der Waals surface area contributed by atoms with Gasteiger partial charge < -0.3 is 28.6 Å². The van der Waals surface area contributed by atoms with Crippen molar-refractivity contribution in [2.45, 2.75) is 6.54 Å². The molecule has 8 nitrogen and oxygen atoms in total. The van der Waals surface area contributed by atoms with Crippen LogP contribution in [-0.4, -0.2) is 50.4 Å². The van der Waals surface area contributed by atoms with Crippen molar-refractivity contribution >= 4 is 16.7 Å². The molecule has 0 aliphatic carbocycles. The molecule has 2 heterocycles. The SMILES string of the molecule is COc1ccc(Oc2coc3c(CN4CCN(c5ccc(OC)cc5)CC4)c(O)ccc3c2=O)cc1. The van der Waals surface area contributed by atoms with Crippen molar-refractivity contribution in [3.63, 3.8) is 0 Å². The number of phenolic OH excluding ortho intramolecular Hbond substituents is 1. The predicted molar refractivity (Wildman–Crippen MR) is 138 cm³/mol. The van der Waals surface area contributed by atoms with Gasteiger partial charge in [-0.2, -0.15) is 0 Å². The summed E-state index contributed by atoms with van der Waals surface area (Å²) in [7, 11) is 3.25. The number of anilines is 1. The van der Waals surface area contributed by atoms with Crippen LogP contribution in [0, 0.1) is 0 Å². The molecule has 36 heavy (non-hydrogen) atoms. The Morgan fingerprint density at radius 3 is 2.08 bits per heavy atom. The third kappa shape index (κ3) is 4.81. The van der Waals surface area contributed by atoms with E-state index in [-0.39, 0.29) is 16.9 Å². The van der Waals surface area contributed by atoms with Gasteiger partial charge in [0.05, 0.1) is 25.2 Å².